The van der Waals surface area contributed by atoms with Gasteiger partial charge in [-0.2, -0.15) is 0 Å². The van der Waals surface area contributed by atoms with Gasteiger partial charge in [0.1, 0.15) is 12.4 Å². The van der Waals surface area contributed by atoms with Crippen molar-refractivity contribution in [3.05, 3.63) is 52.0 Å². The minimum Gasteiger partial charge on any atom is -0.490 e. The van der Waals surface area contributed by atoms with Crippen LogP contribution in [0.5, 0.6) is 5.75 Å². The average molecular weight is 504 g/mol. The third kappa shape index (κ3) is 5.52. The van der Waals surface area contributed by atoms with Crippen LogP contribution in [0.15, 0.2) is 36.4 Å². The van der Waals surface area contributed by atoms with E-state index in [-0.39, 0.29) is 36.2 Å². The number of hydrogen-bond donors (Lipinski definition) is 4. The zero-order chi connectivity index (χ0) is 24.7. The fourth-order valence-corrected chi connectivity index (χ4v) is 5.46. The van der Waals surface area contributed by atoms with E-state index in [1.54, 1.807) is 24.3 Å². The lowest BCUT2D eigenvalue weighted by Gasteiger charge is -2.46. The Hall–Kier alpha value is -2.25. The number of nitrogens with one attached hydrogen (secondary N) is 3. The number of aromatic nitrogens is 1. The van der Waals surface area contributed by atoms with Gasteiger partial charge in [0.2, 0.25) is 0 Å². The molecule has 0 radical (unpaired) electrons. The lowest BCUT2D eigenvalue weighted by atomic mass is 9.79. The number of H-pyrrole nitrogens is 1. The molecule has 1 aliphatic rings. The van der Waals surface area contributed by atoms with Crippen LogP contribution < -0.4 is 15.4 Å². The van der Waals surface area contributed by atoms with Gasteiger partial charge in [0, 0.05) is 39.1 Å². The molecular weight excluding hydrogens is 473 g/mol. The van der Waals surface area contributed by atoms with Crippen molar-refractivity contribution in [2.45, 2.75) is 57.7 Å². The number of hydrogen-bond acceptors (Lipinski definition) is 4. The molecule has 0 unspecified atom stereocenters. The van der Waals surface area contributed by atoms with E-state index in [0.29, 0.717) is 21.4 Å². The van der Waals surface area contributed by atoms with Crippen molar-refractivity contribution in [2.75, 3.05) is 13.2 Å². The Labute approximate surface area is 210 Å². The third-order valence-corrected chi connectivity index (χ3v) is 6.79. The van der Waals surface area contributed by atoms with Gasteiger partial charge in [-0.1, -0.05) is 23.2 Å². The summed E-state index contributed by atoms with van der Waals surface area (Å²) in [6.45, 7) is 8.61. The van der Waals surface area contributed by atoms with Crippen LogP contribution in [-0.2, 0) is 0 Å². The number of aliphatic hydroxyl groups is 1. The van der Waals surface area contributed by atoms with Crippen molar-refractivity contribution in [3.8, 4) is 17.0 Å². The second kappa shape index (κ2) is 9.42. The molecule has 6 nitrogen and oxygen atoms in total. The molecule has 0 atom stereocenters. The molecule has 182 valence electrons. The smallest absolute Gasteiger partial charge is 0.251 e. The van der Waals surface area contributed by atoms with Gasteiger partial charge < -0.3 is 25.5 Å². The van der Waals surface area contributed by atoms with Crippen molar-refractivity contribution >= 4 is 40.0 Å². The number of carbonyl (C=O) groups is 1. The van der Waals surface area contributed by atoms with Crippen LogP contribution in [0.3, 0.4) is 0 Å². The largest absolute Gasteiger partial charge is 0.490 e. The van der Waals surface area contributed by atoms with Gasteiger partial charge in [0.15, 0.2) is 0 Å². The van der Waals surface area contributed by atoms with Gasteiger partial charge in [-0.3, -0.25) is 4.79 Å². The van der Waals surface area contributed by atoms with E-state index in [2.05, 4.69) is 43.3 Å². The molecule has 3 aromatic rings. The third-order valence-electron chi connectivity index (χ3n) is 6.07. The van der Waals surface area contributed by atoms with Gasteiger partial charge >= 0.3 is 0 Å². The minimum absolute atomic E-state index is 0.0587. The van der Waals surface area contributed by atoms with Crippen molar-refractivity contribution in [3.63, 3.8) is 0 Å². The molecule has 0 aliphatic carbocycles. The molecule has 8 heteroatoms. The zero-order valence-electron chi connectivity index (χ0n) is 19.9. The van der Waals surface area contributed by atoms with Crippen LogP contribution in [0.1, 0.15) is 50.9 Å². The first-order valence-corrected chi connectivity index (χ1v) is 12.2. The molecule has 1 fully saturated rings. The predicted molar refractivity (Wildman–Crippen MR) is 138 cm³/mol. The predicted octanol–water partition coefficient (Wildman–Crippen LogP) is 5.55. The Morgan fingerprint density at radius 3 is 2.44 bits per heavy atom. The van der Waals surface area contributed by atoms with Gasteiger partial charge in [-0.25, -0.2) is 0 Å². The normalized spacial score (nSPS) is 17.6. The fourth-order valence-electron chi connectivity index (χ4n) is 5.13. The van der Waals surface area contributed by atoms with Crippen LogP contribution in [0.4, 0.5) is 0 Å². The molecule has 2 aromatic carbocycles. The second-order valence-corrected chi connectivity index (χ2v) is 11.1. The maximum absolute atomic E-state index is 13.2. The fraction of sp³-hybridized carbons (Fsp3) is 0.423. The summed E-state index contributed by atoms with van der Waals surface area (Å²) < 4.78 is 5.82. The minimum atomic E-state index is -0.144. The highest BCUT2D eigenvalue weighted by molar-refractivity contribution is 6.42. The monoisotopic (exact) mass is 503 g/mol. The molecule has 4 rings (SSSR count). The lowest BCUT2D eigenvalue weighted by molar-refractivity contribution is 0.0872. The molecule has 34 heavy (non-hydrogen) atoms. The molecule has 1 saturated heterocycles. The first kappa shape index (κ1) is 24.9. The highest BCUT2D eigenvalue weighted by Crippen LogP contribution is 2.35. The van der Waals surface area contributed by atoms with Crippen LogP contribution >= 0.6 is 23.2 Å². The van der Waals surface area contributed by atoms with E-state index in [0.717, 1.165) is 35.0 Å². The van der Waals surface area contributed by atoms with Crippen LogP contribution in [0, 0.1) is 0 Å². The standard InChI is InChI=1S/C26H31Cl2N3O3/c1-25(2)13-17(14-26(3,4)31-25)29-24(33)15-5-6-18(23(11-15)34-8-7-32)22-10-16-9-19(27)20(28)12-21(16)30-22/h5-6,9-12,17,30-32H,7-8,13-14H2,1-4H3,(H,29,33). The maximum Gasteiger partial charge on any atom is 0.251 e. The Kier molecular flexibility index (Phi) is 6.89. The van der Waals surface area contributed by atoms with E-state index in [4.69, 9.17) is 27.9 Å². The average Bonchev–Trinajstić information content (AvgIpc) is 3.12. The maximum atomic E-state index is 13.2. The van der Waals surface area contributed by atoms with Gasteiger partial charge in [0.25, 0.3) is 5.91 Å². The van der Waals surface area contributed by atoms with Crippen molar-refractivity contribution < 1.29 is 14.6 Å². The first-order valence-electron chi connectivity index (χ1n) is 11.4. The molecular formula is C26H31Cl2N3O3. The second-order valence-electron chi connectivity index (χ2n) is 10.3. The molecule has 1 amide bonds. The summed E-state index contributed by atoms with van der Waals surface area (Å²) in [5, 5.41) is 18.0. The van der Waals surface area contributed by atoms with Gasteiger partial charge in [-0.05, 0) is 76.9 Å². The summed E-state index contributed by atoms with van der Waals surface area (Å²) in [7, 11) is 0. The highest BCUT2D eigenvalue weighted by atomic mass is 35.5. The number of benzene rings is 2. The Bertz CT molecular complexity index is 1160. The number of ether oxygens (including phenoxy) is 1. The summed E-state index contributed by atoms with van der Waals surface area (Å²) >= 11 is 12.3. The van der Waals surface area contributed by atoms with Crippen LogP contribution in [0.2, 0.25) is 10.0 Å². The van der Waals surface area contributed by atoms with E-state index in [1.807, 2.05) is 12.1 Å². The SMILES string of the molecule is CC1(C)CC(NC(=O)c2ccc(-c3cc4cc(Cl)c(Cl)cc4[nH]3)c(OCCO)c2)CC(C)(C)N1. The van der Waals surface area contributed by atoms with Gasteiger partial charge in [0.05, 0.1) is 22.3 Å². The van der Waals surface area contributed by atoms with Crippen molar-refractivity contribution in [1.29, 1.82) is 0 Å². The molecule has 4 N–H and O–H groups in total. The molecule has 0 bridgehead atoms. The molecule has 1 aromatic heterocycles. The molecule has 0 spiro atoms. The summed E-state index contributed by atoms with van der Waals surface area (Å²) in [5.41, 5.74) is 2.79. The van der Waals surface area contributed by atoms with E-state index in [1.165, 1.54) is 0 Å². The molecule has 2 heterocycles. The van der Waals surface area contributed by atoms with Crippen LogP contribution in [-0.4, -0.2) is 46.3 Å². The highest BCUT2D eigenvalue weighted by Gasteiger charge is 2.38. The van der Waals surface area contributed by atoms with E-state index in [9.17, 15) is 9.90 Å². The summed E-state index contributed by atoms with van der Waals surface area (Å²) in [5.74, 6) is 0.366. The first-order chi connectivity index (χ1) is 16.0. The number of rotatable bonds is 6. The zero-order valence-corrected chi connectivity index (χ0v) is 21.4. The number of amides is 1. The van der Waals surface area contributed by atoms with E-state index < -0.39 is 0 Å². The number of aromatic amines is 1. The number of piperidine rings is 1. The van der Waals surface area contributed by atoms with Crippen molar-refractivity contribution in [1.82, 2.24) is 15.6 Å². The summed E-state index contributed by atoms with van der Waals surface area (Å²) in [6.07, 6.45) is 1.68. The summed E-state index contributed by atoms with van der Waals surface area (Å²) in [4.78, 5) is 16.5. The quantitative estimate of drug-likeness (QED) is 0.355. The van der Waals surface area contributed by atoms with Crippen LogP contribution in [0.25, 0.3) is 22.2 Å². The topological polar surface area (TPSA) is 86.4 Å². The molecule has 1 aliphatic heterocycles. The number of halogens is 2. The van der Waals surface area contributed by atoms with Crippen molar-refractivity contribution in [2.24, 2.45) is 0 Å². The number of fused-ring (bicyclic) bond motifs is 1. The van der Waals surface area contributed by atoms with Gasteiger partial charge in [-0.15, -0.1) is 0 Å². The number of aliphatic hydroxyl groups excluding tert-OH is 1. The summed E-state index contributed by atoms with van der Waals surface area (Å²) in [6, 6.07) is 11.0. The Balaban J connectivity index is 1.62. The Morgan fingerprint density at radius 1 is 1.09 bits per heavy atom. The molecule has 0 saturated carbocycles. The number of carbonyl (C=O) groups excluding carboxylic acids is 1. The lowest BCUT2D eigenvalue weighted by Crippen LogP contribution is -2.62. The Morgan fingerprint density at radius 2 is 1.76 bits per heavy atom. The van der Waals surface area contributed by atoms with E-state index >= 15 is 0 Å².